The van der Waals surface area contributed by atoms with Crippen molar-refractivity contribution < 1.29 is 19.2 Å². The molecular formula is C15H16N4O5. The Morgan fingerprint density at radius 1 is 1.33 bits per heavy atom. The van der Waals surface area contributed by atoms with Gasteiger partial charge >= 0.3 is 11.8 Å². The average Bonchev–Trinajstić information content (AvgIpc) is 2.89. The molecule has 0 bridgehead atoms. The van der Waals surface area contributed by atoms with Crippen LogP contribution in [0.1, 0.15) is 23.1 Å². The summed E-state index contributed by atoms with van der Waals surface area (Å²) in [6.07, 6.45) is 1.21. The minimum absolute atomic E-state index is 0.105. The quantitative estimate of drug-likeness (QED) is 0.491. The Bertz CT molecular complexity index is 767. The summed E-state index contributed by atoms with van der Waals surface area (Å²) in [6.45, 7) is 3.48. The van der Waals surface area contributed by atoms with Gasteiger partial charge < -0.3 is 20.2 Å². The van der Waals surface area contributed by atoms with Crippen LogP contribution in [-0.4, -0.2) is 33.0 Å². The van der Waals surface area contributed by atoms with Crippen molar-refractivity contribution in [2.24, 2.45) is 0 Å². The zero-order valence-corrected chi connectivity index (χ0v) is 13.2. The smallest absolute Gasteiger partial charge is 0.381 e. The molecule has 0 aliphatic rings. The first kappa shape index (κ1) is 17.1. The number of rotatable bonds is 6. The van der Waals surface area contributed by atoms with Crippen molar-refractivity contribution in [3.8, 4) is 0 Å². The number of benzene rings is 1. The number of nitrogens with zero attached hydrogens (tertiary/aromatic N) is 3. The molecule has 0 unspecified atom stereocenters. The zero-order valence-electron chi connectivity index (χ0n) is 13.2. The van der Waals surface area contributed by atoms with Crippen molar-refractivity contribution in [1.82, 2.24) is 9.55 Å². The molecule has 0 atom stereocenters. The topological polar surface area (TPSA) is 116 Å². The van der Waals surface area contributed by atoms with Crippen molar-refractivity contribution in [1.29, 1.82) is 0 Å². The van der Waals surface area contributed by atoms with E-state index in [1.807, 2.05) is 0 Å². The number of nitro groups is 1. The fourth-order valence-electron chi connectivity index (χ4n) is 2.00. The SMILES string of the molecule is CCOC(=O)c1ccc(NC(=O)Cn2cc([N+](=O)[O-])nc2C)cc1. The maximum absolute atomic E-state index is 12.0. The van der Waals surface area contributed by atoms with Crippen LogP contribution in [0.5, 0.6) is 0 Å². The van der Waals surface area contributed by atoms with Gasteiger partial charge in [0.1, 0.15) is 12.7 Å². The number of aromatic nitrogens is 2. The fraction of sp³-hybridized carbons (Fsp3) is 0.267. The molecular weight excluding hydrogens is 316 g/mol. The molecule has 2 rings (SSSR count). The van der Waals surface area contributed by atoms with Gasteiger partial charge in [-0.25, -0.2) is 4.79 Å². The maximum atomic E-state index is 12.0. The third-order valence-corrected chi connectivity index (χ3v) is 3.14. The second-order valence-corrected chi connectivity index (χ2v) is 4.88. The van der Waals surface area contributed by atoms with Crippen LogP contribution in [-0.2, 0) is 16.1 Å². The Hall–Kier alpha value is -3.23. The molecule has 0 saturated heterocycles. The normalized spacial score (nSPS) is 10.2. The summed E-state index contributed by atoms with van der Waals surface area (Å²) in [4.78, 5) is 37.4. The predicted molar refractivity (Wildman–Crippen MR) is 84.6 cm³/mol. The van der Waals surface area contributed by atoms with Crippen LogP contribution in [0.25, 0.3) is 0 Å². The first-order valence-corrected chi connectivity index (χ1v) is 7.16. The van der Waals surface area contributed by atoms with Gasteiger partial charge in [-0.1, -0.05) is 0 Å². The summed E-state index contributed by atoms with van der Waals surface area (Å²) in [5, 5.41) is 13.3. The number of amides is 1. The molecule has 0 aliphatic heterocycles. The van der Waals surface area contributed by atoms with Gasteiger partial charge in [0.15, 0.2) is 0 Å². The Labute approximate surface area is 137 Å². The molecule has 0 aliphatic carbocycles. The van der Waals surface area contributed by atoms with E-state index in [4.69, 9.17) is 4.74 Å². The van der Waals surface area contributed by atoms with Crippen LogP contribution < -0.4 is 5.32 Å². The van der Waals surface area contributed by atoms with Gasteiger partial charge in [-0.05, 0) is 41.1 Å². The number of hydrogen-bond donors (Lipinski definition) is 1. The molecule has 1 aromatic heterocycles. The molecule has 9 nitrogen and oxygen atoms in total. The van der Waals surface area contributed by atoms with Crippen molar-refractivity contribution in [3.63, 3.8) is 0 Å². The minimum atomic E-state index is -0.616. The number of esters is 1. The number of carbonyl (C=O) groups excluding carboxylic acids is 2. The van der Waals surface area contributed by atoms with E-state index in [1.165, 1.54) is 10.8 Å². The average molecular weight is 332 g/mol. The summed E-state index contributed by atoms with van der Waals surface area (Å²) in [5.74, 6) is -0.736. The second-order valence-electron chi connectivity index (χ2n) is 4.88. The number of imidazole rings is 1. The Morgan fingerprint density at radius 3 is 2.54 bits per heavy atom. The molecule has 1 amide bonds. The van der Waals surface area contributed by atoms with Crippen molar-refractivity contribution in [2.75, 3.05) is 11.9 Å². The molecule has 0 saturated carbocycles. The summed E-state index contributed by atoms with van der Waals surface area (Å²) in [5.41, 5.74) is 0.885. The zero-order chi connectivity index (χ0) is 17.7. The fourth-order valence-corrected chi connectivity index (χ4v) is 2.00. The lowest BCUT2D eigenvalue weighted by Gasteiger charge is -2.07. The third-order valence-electron chi connectivity index (χ3n) is 3.14. The van der Waals surface area contributed by atoms with Crippen LogP contribution in [0.4, 0.5) is 11.5 Å². The molecule has 126 valence electrons. The highest BCUT2D eigenvalue weighted by molar-refractivity contribution is 5.93. The van der Waals surface area contributed by atoms with Gasteiger partial charge in [0, 0.05) is 12.6 Å². The Morgan fingerprint density at radius 2 is 2.00 bits per heavy atom. The van der Waals surface area contributed by atoms with Crippen LogP contribution >= 0.6 is 0 Å². The van der Waals surface area contributed by atoms with E-state index >= 15 is 0 Å². The maximum Gasteiger partial charge on any atom is 0.381 e. The summed E-state index contributed by atoms with van der Waals surface area (Å²) in [7, 11) is 0. The van der Waals surface area contributed by atoms with E-state index in [-0.39, 0.29) is 24.9 Å². The van der Waals surface area contributed by atoms with E-state index in [2.05, 4.69) is 10.3 Å². The van der Waals surface area contributed by atoms with E-state index in [9.17, 15) is 19.7 Å². The highest BCUT2D eigenvalue weighted by atomic mass is 16.6. The molecule has 0 spiro atoms. The van der Waals surface area contributed by atoms with Gasteiger partial charge in [-0.15, -0.1) is 0 Å². The van der Waals surface area contributed by atoms with E-state index in [1.54, 1.807) is 38.1 Å². The number of hydrogen-bond acceptors (Lipinski definition) is 6. The highest BCUT2D eigenvalue weighted by Crippen LogP contribution is 2.13. The number of anilines is 1. The molecule has 1 N–H and O–H groups in total. The Kier molecular flexibility index (Phi) is 5.25. The lowest BCUT2D eigenvalue weighted by atomic mass is 10.2. The van der Waals surface area contributed by atoms with Crippen LogP contribution in [0.15, 0.2) is 30.5 Å². The Balaban J connectivity index is 1.99. The monoisotopic (exact) mass is 332 g/mol. The molecule has 2 aromatic rings. The van der Waals surface area contributed by atoms with Gasteiger partial charge in [0.2, 0.25) is 11.7 Å². The van der Waals surface area contributed by atoms with Crippen LogP contribution in [0.3, 0.4) is 0 Å². The molecule has 24 heavy (non-hydrogen) atoms. The van der Waals surface area contributed by atoms with Crippen LogP contribution in [0, 0.1) is 17.0 Å². The number of nitrogens with one attached hydrogen (secondary N) is 1. The van der Waals surface area contributed by atoms with Gasteiger partial charge in [0.25, 0.3) is 0 Å². The second kappa shape index (κ2) is 7.36. The van der Waals surface area contributed by atoms with E-state index < -0.39 is 10.9 Å². The van der Waals surface area contributed by atoms with Gasteiger partial charge in [-0.2, -0.15) is 0 Å². The largest absolute Gasteiger partial charge is 0.462 e. The number of ether oxygens (including phenoxy) is 1. The van der Waals surface area contributed by atoms with Crippen molar-refractivity contribution in [3.05, 3.63) is 52.0 Å². The predicted octanol–water partition coefficient (Wildman–Crippen LogP) is 1.92. The number of carbonyl (C=O) groups is 2. The first-order valence-electron chi connectivity index (χ1n) is 7.16. The summed E-state index contributed by atoms with van der Waals surface area (Å²) >= 11 is 0. The van der Waals surface area contributed by atoms with Gasteiger partial charge in [0.05, 0.1) is 12.2 Å². The van der Waals surface area contributed by atoms with Crippen molar-refractivity contribution in [2.45, 2.75) is 20.4 Å². The lowest BCUT2D eigenvalue weighted by Crippen LogP contribution is -2.19. The van der Waals surface area contributed by atoms with Gasteiger partial charge in [-0.3, -0.25) is 9.36 Å². The molecule has 1 aromatic carbocycles. The summed E-state index contributed by atoms with van der Waals surface area (Å²) in [6, 6.07) is 6.24. The first-order chi connectivity index (χ1) is 11.4. The molecule has 0 fully saturated rings. The van der Waals surface area contributed by atoms with Crippen LogP contribution in [0.2, 0.25) is 0 Å². The van der Waals surface area contributed by atoms with E-state index in [0.717, 1.165) is 0 Å². The van der Waals surface area contributed by atoms with Crippen molar-refractivity contribution >= 4 is 23.4 Å². The lowest BCUT2D eigenvalue weighted by molar-refractivity contribution is -0.389. The third kappa shape index (κ3) is 4.15. The summed E-state index contributed by atoms with van der Waals surface area (Å²) < 4.78 is 6.26. The number of aryl methyl sites for hydroxylation is 1. The van der Waals surface area contributed by atoms with E-state index in [0.29, 0.717) is 17.1 Å². The highest BCUT2D eigenvalue weighted by Gasteiger charge is 2.17. The molecule has 1 heterocycles. The standard InChI is InChI=1S/C15H16N4O5/c1-3-24-15(21)11-4-6-12(7-5-11)17-14(20)9-18-8-13(19(22)23)16-10(18)2/h4-8H,3,9H2,1-2H3,(H,17,20). The minimum Gasteiger partial charge on any atom is -0.462 e. The molecule has 0 radical (unpaired) electrons. The molecule has 9 heteroatoms.